The number of ether oxygens (including phenoxy) is 1. The van der Waals surface area contributed by atoms with Crippen LogP contribution in [0.3, 0.4) is 0 Å². The molecule has 11 heteroatoms. The number of thioether (sulfide) groups is 2. The van der Waals surface area contributed by atoms with Gasteiger partial charge in [-0.15, -0.1) is 13.2 Å². The second-order valence-electron chi connectivity index (χ2n) is 9.82. The molecule has 0 heterocycles. The summed E-state index contributed by atoms with van der Waals surface area (Å²) < 4.78 is 40.5. The Morgan fingerprint density at radius 2 is 1.04 bits per heavy atom. The predicted octanol–water partition coefficient (Wildman–Crippen LogP) is 9.00. The molecule has 0 amide bonds. The Labute approximate surface area is 280 Å². The summed E-state index contributed by atoms with van der Waals surface area (Å²) in [6.45, 7) is 0.0598. The third-order valence-electron chi connectivity index (χ3n) is 6.48. The second-order valence-corrected chi connectivity index (χ2v) is 12.9. The van der Waals surface area contributed by atoms with Gasteiger partial charge in [-0.3, -0.25) is 9.59 Å². The van der Waals surface area contributed by atoms with Crippen molar-refractivity contribution >= 4 is 46.7 Å². The largest absolute Gasteiger partial charge is 0.573 e. The van der Waals surface area contributed by atoms with Crippen LogP contribution in [0.4, 0.5) is 13.2 Å². The first-order valence-electron chi connectivity index (χ1n) is 14.3. The lowest BCUT2D eigenvalue weighted by Crippen LogP contribution is -2.17. The third-order valence-corrected chi connectivity index (χ3v) is 9.25. The van der Waals surface area contributed by atoms with Crippen LogP contribution < -0.4 is 4.74 Å². The lowest BCUT2D eigenvalue weighted by atomic mass is 10.0. The van der Waals surface area contributed by atoms with Crippen molar-refractivity contribution in [3.8, 4) is 5.75 Å². The molecule has 0 bridgehead atoms. The maximum Gasteiger partial charge on any atom is 0.573 e. The summed E-state index contributed by atoms with van der Waals surface area (Å²) in [4.78, 5) is 24.8. The van der Waals surface area contributed by atoms with Crippen LogP contribution in [0.25, 0.3) is 0 Å². The van der Waals surface area contributed by atoms with Gasteiger partial charge in [0, 0.05) is 51.0 Å². The number of hydrogen-bond donors (Lipinski definition) is 2. The van der Waals surface area contributed by atoms with Gasteiger partial charge in [-0.2, -0.15) is 23.5 Å². The van der Waals surface area contributed by atoms with Gasteiger partial charge in [0.05, 0.1) is 13.2 Å². The van der Waals surface area contributed by atoms with E-state index in [-0.39, 0.29) is 47.5 Å². The molecule has 2 unspecified atom stereocenters. The van der Waals surface area contributed by atoms with Gasteiger partial charge in [0.2, 0.25) is 0 Å². The minimum absolute atomic E-state index is 0.0297. The number of carbonyl (C=O) groups is 2. The number of hydrogen-bond acceptors (Lipinski definition) is 7. The van der Waals surface area contributed by atoms with Gasteiger partial charge in [-0.05, 0) is 35.4 Å². The van der Waals surface area contributed by atoms with E-state index >= 15 is 0 Å². The molecule has 0 aliphatic rings. The molecule has 0 aliphatic heterocycles. The van der Waals surface area contributed by atoms with E-state index in [0.29, 0.717) is 34.1 Å². The fourth-order valence-corrected chi connectivity index (χ4v) is 6.46. The van der Waals surface area contributed by atoms with Gasteiger partial charge < -0.3 is 14.9 Å². The Morgan fingerprint density at radius 1 is 0.652 bits per heavy atom. The van der Waals surface area contributed by atoms with Crippen LogP contribution in [0.2, 0.25) is 5.02 Å². The van der Waals surface area contributed by atoms with Crippen molar-refractivity contribution in [1.82, 2.24) is 0 Å². The van der Waals surface area contributed by atoms with Crippen LogP contribution in [-0.4, -0.2) is 52.9 Å². The number of aliphatic hydroxyl groups excluding tert-OH is 2. The molecule has 4 aromatic rings. The fraction of sp³-hybridized carbons (Fsp3) is 0.257. The van der Waals surface area contributed by atoms with Crippen molar-refractivity contribution in [3.63, 3.8) is 0 Å². The van der Waals surface area contributed by atoms with Crippen LogP contribution >= 0.6 is 35.1 Å². The van der Waals surface area contributed by atoms with Gasteiger partial charge in [0.1, 0.15) is 5.75 Å². The first-order chi connectivity index (χ1) is 22.1. The Balaban J connectivity index is 0.000000254. The number of benzene rings is 4. The van der Waals surface area contributed by atoms with Crippen LogP contribution in [-0.2, 0) is 0 Å². The van der Waals surface area contributed by atoms with Crippen molar-refractivity contribution in [1.29, 1.82) is 0 Å². The number of halogens is 4. The minimum atomic E-state index is -4.74. The standard InChI is InChI=1S/C18H17F3O3S.C17H17ClO2S/c19-18(20,21)24-15-8-6-14(7-9-15)17(25-11-10-22)12-16(23)13-4-2-1-3-5-13;18-15-8-6-14(7-9-15)17(21-11-10-19)12-16(20)13-4-2-1-3-5-13/h1-9,17,22H,10-12H2;1-9,17,19H,10-12H2. The molecule has 5 nitrogen and oxygen atoms in total. The van der Waals surface area contributed by atoms with Crippen molar-refractivity contribution in [2.45, 2.75) is 29.7 Å². The fourth-order valence-electron chi connectivity index (χ4n) is 4.32. The molecule has 0 saturated heterocycles. The van der Waals surface area contributed by atoms with Gasteiger partial charge in [0.15, 0.2) is 11.6 Å². The highest BCUT2D eigenvalue weighted by molar-refractivity contribution is 7.99. The van der Waals surface area contributed by atoms with E-state index in [9.17, 15) is 22.8 Å². The summed E-state index contributed by atoms with van der Waals surface area (Å²) in [5, 5.41) is 18.5. The topological polar surface area (TPSA) is 83.8 Å². The number of carbonyl (C=O) groups excluding carboxylic acids is 2. The molecule has 0 aromatic heterocycles. The minimum Gasteiger partial charge on any atom is -0.406 e. The van der Waals surface area contributed by atoms with Crippen LogP contribution in [0, 0.1) is 0 Å². The highest BCUT2D eigenvalue weighted by atomic mass is 35.5. The molecule has 2 atom stereocenters. The van der Waals surface area contributed by atoms with Crippen LogP contribution in [0.15, 0.2) is 109 Å². The lowest BCUT2D eigenvalue weighted by Gasteiger charge is -2.17. The van der Waals surface area contributed by atoms with Crippen LogP contribution in [0.1, 0.15) is 55.2 Å². The number of aliphatic hydroxyl groups is 2. The molecule has 4 aromatic carbocycles. The molecular weight excluding hydrogens is 657 g/mol. The van der Waals surface area contributed by atoms with Crippen molar-refractivity contribution in [2.24, 2.45) is 0 Å². The van der Waals surface area contributed by atoms with Gasteiger partial charge >= 0.3 is 6.36 Å². The highest BCUT2D eigenvalue weighted by Crippen LogP contribution is 2.35. The number of ketones is 2. The van der Waals surface area contributed by atoms with E-state index in [0.717, 1.165) is 11.1 Å². The van der Waals surface area contributed by atoms with E-state index in [1.807, 2.05) is 60.7 Å². The molecule has 0 radical (unpaired) electrons. The molecule has 0 spiro atoms. The maximum absolute atomic E-state index is 12.4. The average molecular weight is 691 g/mol. The summed E-state index contributed by atoms with van der Waals surface area (Å²) in [6, 6.07) is 31.1. The summed E-state index contributed by atoms with van der Waals surface area (Å²) >= 11 is 8.88. The van der Waals surface area contributed by atoms with Gasteiger partial charge in [0.25, 0.3) is 0 Å². The number of Topliss-reactive ketones (excluding diaryl/α,β-unsaturated/α-hetero) is 2. The Morgan fingerprint density at radius 3 is 1.41 bits per heavy atom. The lowest BCUT2D eigenvalue weighted by molar-refractivity contribution is -0.274. The quantitative estimate of drug-likeness (QED) is 0.121. The predicted molar refractivity (Wildman–Crippen MR) is 180 cm³/mol. The maximum atomic E-state index is 12.4. The Bertz CT molecular complexity index is 1470. The first kappa shape index (κ1) is 37.2. The molecule has 244 valence electrons. The molecule has 0 saturated carbocycles. The van der Waals surface area contributed by atoms with E-state index in [1.54, 1.807) is 36.0 Å². The normalized spacial score (nSPS) is 12.4. The molecule has 0 aliphatic carbocycles. The number of rotatable bonds is 15. The van der Waals surface area contributed by atoms with Gasteiger partial charge in [-0.1, -0.05) is 96.5 Å². The van der Waals surface area contributed by atoms with Crippen LogP contribution in [0.5, 0.6) is 5.75 Å². The zero-order valence-electron chi connectivity index (χ0n) is 24.7. The molecular formula is C35H34ClF3O5S2. The summed E-state index contributed by atoms with van der Waals surface area (Å²) in [6.07, 6.45) is -4.14. The zero-order valence-corrected chi connectivity index (χ0v) is 27.1. The van der Waals surface area contributed by atoms with Crippen molar-refractivity contribution in [3.05, 3.63) is 136 Å². The second kappa shape index (κ2) is 19.4. The Kier molecular flexibility index (Phi) is 15.7. The highest BCUT2D eigenvalue weighted by Gasteiger charge is 2.31. The first-order valence-corrected chi connectivity index (χ1v) is 16.8. The van der Waals surface area contributed by atoms with E-state index in [1.165, 1.54) is 36.0 Å². The van der Waals surface area contributed by atoms with Crippen molar-refractivity contribution in [2.75, 3.05) is 24.7 Å². The number of alkyl halides is 3. The van der Waals surface area contributed by atoms with E-state index in [4.69, 9.17) is 21.8 Å². The van der Waals surface area contributed by atoms with E-state index in [2.05, 4.69) is 4.74 Å². The molecule has 4 rings (SSSR count). The summed E-state index contributed by atoms with van der Waals surface area (Å²) in [7, 11) is 0. The Hall–Kier alpha value is -3.28. The third kappa shape index (κ3) is 13.2. The zero-order chi connectivity index (χ0) is 33.4. The van der Waals surface area contributed by atoms with Crippen molar-refractivity contribution < 1.29 is 37.7 Å². The summed E-state index contributed by atoms with van der Waals surface area (Å²) in [5.74, 6) is 0.771. The monoisotopic (exact) mass is 690 g/mol. The average Bonchev–Trinajstić information content (AvgIpc) is 3.06. The molecule has 2 N–H and O–H groups in total. The smallest absolute Gasteiger partial charge is 0.406 e. The SMILES string of the molecule is O=C(CC(SCCO)c1ccc(Cl)cc1)c1ccccc1.O=C(CC(SCCO)c1ccc(OC(F)(F)F)cc1)c1ccccc1. The molecule has 46 heavy (non-hydrogen) atoms. The summed E-state index contributed by atoms with van der Waals surface area (Å²) in [5.41, 5.74) is 3.06. The van der Waals surface area contributed by atoms with Gasteiger partial charge in [-0.25, -0.2) is 0 Å². The van der Waals surface area contributed by atoms with E-state index < -0.39 is 6.36 Å². The molecule has 0 fully saturated rings.